The number of ether oxygens (including phenoxy) is 1. The first-order valence-corrected chi connectivity index (χ1v) is 5.44. The van der Waals surface area contributed by atoms with Gasteiger partial charge in [0.05, 0.1) is 4.92 Å². The molecule has 0 unspecified atom stereocenters. The summed E-state index contributed by atoms with van der Waals surface area (Å²) >= 11 is 0. The number of carbonyl (C=O) groups is 1. The lowest BCUT2D eigenvalue weighted by Gasteiger charge is -2.04. The van der Waals surface area contributed by atoms with E-state index in [2.05, 4.69) is 10.4 Å². The van der Waals surface area contributed by atoms with E-state index in [1.165, 1.54) is 18.7 Å². The monoisotopic (exact) mass is 256 g/mol. The zero-order valence-corrected chi connectivity index (χ0v) is 10.6. The van der Waals surface area contributed by atoms with Crippen LogP contribution in [0, 0.1) is 17.0 Å². The van der Waals surface area contributed by atoms with Crippen LogP contribution in [0.1, 0.15) is 22.6 Å². The van der Waals surface area contributed by atoms with Crippen LogP contribution in [0.3, 0.4) is 0 Å². The lowest BCUT2D eigenvalue weighted by Crippen LogP contribution is -2.27. The first-order chi connectivity index (χ1) is 8.49. The molecule has 1 rings (SSSR count). The molecule has 1 aromatic rings. The molecular formula is C10H16N4O4. The normalized spacial score (nSPS) is 10.4. The number of aryl methyl sites for hydroxylation is 2. The van der Waals surface area contributed by atoms with E-state index in [1.807, 2.05) is 0 Å². The molecule has 0 radical (unpaired) electrons. The maximum absolute atomic E-state index is 11.9. The topological polar surface area (TPSA) is 99.3 Å². The third-order valence-electron chi connectivity index (χ3n) is 2.40. The van der Waals surface area contributed by atoms with Crippen molar-refractivity contribution in [3.05, 3.63) is 21.5 Å². The van der Waals surface area contributed by atoms with Crippen LogP contribution in [0.5, 0.6) is 0 Å². The molecule has 0 fully saturated rings. The van der Waals surface area contributed by atoms with Gasteiger partial charge >= 0.3 is 5.69 Å². The Labute approximate surface area is 104 Å². The third kappa shape index (κ3) is 3.04. The van der Waals surface area contributed by atoms with E-state index in [0.717, 1.165) is 0 Å². The molecule has 8 nitrogen and oxygen atoms in total. The predicted octanol–water partition coefficient (Wildman–Crippen LogP) is 0.403. The fourth-order valence-electron chi connectivity index (χ4n) is 1.62. The highest BCUT2D eigenvalue weighted by molar-refractivity contribution is 5.96. The van der Waals surface area contributed by atoms with E-state index < -0.39 is 10.8 Å². The molecule has 0 saturated carbocycles. The molecule has 0 aliphatic rings. The van der Waals surface area contributed by atoms with Gasteiger partial charge in [0.15, 0.2) is 0 Å². The molecule has 1 heterocycles. The molecule has 0 aliphatic carbocycles. The number of nitrogens with zero attached hydrogens (tertiary/aromatic N) is 3. The van der Waals surface area contributed by atoms with Gasteiger partial charge in [-0.2, -0.15) is 5.10 Å². The van der Waals surface area contributed by atoms with Crippen LogP contribution in [-0.4, -0.2) is 40.9 Å². The van der Waals surface area contributed by atoms with E-state index in [1.54, 1.807) is 7.11 Å². The number of nitro groups is 1. The van der Waals surface area contributed by atoms with E-state index in [4.69, 9.17) is 4.74 Å². The Kier molecular flexibility index (Phi) is 4.78. The van der Waals surface area contributed by atoms with Crippen LogP contribution in [0.4, 0.5) is 5.69 Å². The fourth-order valence-corrected chi connectivity index (χ4v) is 1.62. The number of hydrogen-bond donors (Lipinski definition) is 1. The van der Waals surface area contributed by atoms with Gasteiger partial charge in [0.1, 0.15) is 5.69 Å². The average molecular weight is 256 g/mol. The lowest BCUT2D eigenvalue weighted by molar-refractivity contribution is -0.385. The van der Waals surface area contributed by atoms with Crippen LogP contribution >= 0.6 is 0 Å². The number of amides is 1. The zero-order chi connectivity index (χ0) is 13.7. The van der Waals surface area contributed by atoms with Crippen LogP contribution in [0.2, 0.25) is 0 Å². The summed E-state index contributed by atoms with van der Waals surface area (Å²) in [6, 6.07) is 0. The molecule has 1 aromatic heterocycles. The molecule has 1 amide bonds. The van der Waals surface area contributed by atoms with Gasteiger partial charge in [-0.15, -0.1) is 0 Å². The molecule has 1 N–H and O–H groups in total. The number of hydrogen-bond acceptors (Lipinski definition) is 5. The average Bonchev–Trinajstić information content (AvgIpc) is 2.59. The molecule has 18 heavy (non-hydrogen) atoms. The number of methoxy groups -OCH3 is 1. The Morgan fingerprint density at radius 1 is 1.61 bits per heavy atom. The van der Waals surface area contributed by atoms with E-state index >= 15 is 0 Å². The third-order valence-corrected chi connectivity index (χ3v) is 2.40. The van der Waals surface area contributed by atoms with E-state index in [-0.39, 0.29) is 17.1 Å². The second-order valence-corrected chi connectivity index (χ2v) is 3.77. The van der Waals surface area contributed by atoms with Crippen LogP contribution < -0.4 is 5.32 Å². The van der Waals surface area contributed by atoms with Crippen LogP contribution in [0.25, 0.3) is 0 Å². The maximum atomic E-state index is 11.9. The van der Waals surface area contributed by atoms with Gasteiger partial charge in [0.25, 0.3) is 5.91 Å². The molecule has 100 valence electrons. The zero-order valence-electron chi connectivity index (χ0n) is 10.6. The van der Waals surface area contributed by atoms with Crippen molar-refractivity contribution >= 4 is 11.6 Å². The van der Waals surface area contributed by atoms with Crippen LogP contribution in [0.15, 0.2) is 0 Å². The second-order valence-electron chi connectivity index (χ2n) is 3.77. The Bertz CT molecular complexity index is 455. The SMILES string of the molecule is COCCCNC(=O)c1c([N+](=O)[O-])c(C)nn1C. The number of nitrogens with one attached hydrogen (secondary N) is 1. The highest BCUT2D eigenvalue weighted by Gasteiger charge is 2.28. The summed E-state index contributed by atoms with van der Waals surface area (Å²) in [6.45, 7) is 2.42. The molecule has 0 aliphatic heterocycles. The standard InChI is InChI=1S/C10H16N4O4/c1-7-8(14(16)17)9(13(2)12-7)10(15)11-5-4-6-18-3/h4-6H2,1-3H3,(H,11,15). The van der Waals surface area contributed by atoms with Gasteiger partial charge < -0.3 is 10.1 Å². The first-order valence-electron chi connectivity index (χ1n) is 5.44. The van der Waals surface area contributed by atoms with Crippen molar-refractivity contribution in [1.29, 1.82) is 0 Å². The van der Waals surface area contributed by atoms with Crippen molar-refractivity contribution in [1.82, 2.24) is 15.1 Å². The Morgan fingerprint density at radius 3 is 2.83 bits per heavy atom. The van der Waals surface area contributed by atoms with E-state index in [0.29, 0.717) is 19.6 Å². The fraction of sp³-hybridized carbons (Fsp3) is 0.600. The number of carbonyl (C=O) groups excluding carboxylic acids is 1. The van der Waals surface area contributed by atoms with E-state index in [9.17, 15) is 14.9 Å². The Morgan fingerprint density at radius 2 is 2.28 bits per heavy atom. The van der Waals surface area contributed by atoms with Gasteiger partial charge in [-0.05, 0) is 13.3 Å². The van der Waals surface area contributed by atoms with Gasteiger partial charge in [-0.25, -0.2) is 0 Å². The van der Waals surface area contributed by atoms with Crippen molar-refractivity contribution in [2.75, 3.05) is 20.3 Å². The summed E-state index contributed by atoms with van der Waals surface area (Å²) < 4.78 is 6.06. The quantitative estimate of drug-likeness (QED) is 0.451. The van der Waals surface area contributed by atoms with Crippen molar-refractivity contribution in [2.45, 2.75) is 13.3 Å². The summed E-state index contributed by atoms with van der Waals surface area (Å²) in [5, 5.41) is 17.4. The summed E-state index contributed by atoms with van der Waals surface area (Å²) in [7, 11) is 3.07. The molecule has 0 bridgehead atoms. The summed E-state index contributed by atoms with van der Waals surface area (Å²) in [6.07, 6.45) is 0.646. The van der Waals surface area contributed by atoms with Gasteiger partial charge in [-0.1, -0.05) is 0 Å². The molecule has 8 heteroatoms. The van der Waals surface area contributed by atoms with Crippen molar-refractivity contribution in [3.8, 4) is 0 Å². The Balaban J connectivity index is 2.82. The lowest BCUT2D eigenvalue weighted by atomic mass is 10.3. The molecule has 0 spiro atoms. The van der Waals surface area contributed by atoms with Crippen molar-refractivity contribution in [2.24, 2.45) is 7.05 Å². The Hall–Kier alpha value is -1.96. The van der Waals surface area contributed by atoms with Crippen molar-refractivity contribution in [3.63, 3.8) is 0 Å². The molecule has 0 saturated heterocycles. The highest BCUT2D eigenvalue weighted by atomic mass is 16.6. The second kappa shape index (κ2) is 6.10. The maximum Gasteiger partial charge on any atom is 0.322 e. The largest absolute Gasteiger partial charge is 0.385 e. The first kappa shape index (κ1) is 14.1. The van der Waals surface area contributed by atoms with Crippen molar-refractivity contribution < 1.29 is 14.5 Å². The van der Waals surface area contributed by atoms with Gasteiger partial charge in [0.2, 0.25) is 5.69 Å². The molecule has 0 aromatic carbocycles. The van der Waals surface area contributed by atoms with Gasteiger partial charge in [-0.3, -0.25) is 19.6 Å². The minimum Gasteiger partial charge on any atom is -0.385 e. The minimum absolute atomic E-state index is 0.0325. The summed E-state index contributed by atoms with van der Waals surface area (Å²) in [5.74, 6) is -0.499. The summed E-state index contributed by atoms with van der Waals surface area (Å²) in [5.41, 5.74) is -0.0544. The smallest absolute Gasteiger partial charge is 0.322 e. The number of rotatable bonds is 6. The highest BCUT2D eigenvalue weighted by Crippen LogP contribution is 2.21. The number of aromatic nitrogens is 2. The molecule has 0 atom stereocenters. The van der Waals surface area contributed by atoms with Crippen LogP contribution in [-0.2, 0) is 11.8 Å². The predicted molar refractivity (Wildman–Crippen MR) is 63.4 cm³/mol. The minimum atomic E-state index is -0.591. The molecular weight excluding hydrogens is 240 g/mol. The summed E-state index contributed by atoms with van der Waals surface area (Å²) in [4.78, 5) is 22.1. The van der Waals surface area contributed by atoms with Gasteiger partial charge in [0, 0.05) is 27.3 Å².